The summed E-state index contributed by atoms with van der Waals surface area (Å²) in [7, 11) is 0. The van der Waals surface area contributed by atoms with Gasteiger partial charge in [0.05, 0.1) is 10.7 Å². The van der Waals surface area contributed by atoms with Gasteiger partial charge in [-0.3, -0.25) is 14.5 Å². The number of carbonyl (C=O) groups excluding carboxylic acids is 2. The molecule has 3 aromatic carbocycles. The average molecular weight is 418 g/mol. The fourth-order valence-electron chi connectivity index (χ4n) is 3.38. The maximum absolute atomic E-state index is 12.5. The van der Waals surface area contributed by atoms with Crippen LogP contribution >= 0.6 is 11.6 Å². The van der Waals surface area contributed by atoms with Crippen LogP contribution in [0.4, 0.5) is 11.4 Å². The highest BCUT2D eigenvalue weighted by Crippen LogP contribution is 2.31. The van der Waals surface area contributed by atoms with E-state index in [1.54, 1.807) is 24.3 Å². The van der Waals surface area contributed by atoms with E-state index < -0.39 is 0 Å². The van der Waals surface area contributed by atoms with Crippen molar-refractivity contribution in [3.05, 3.63) is 101 Å². The lowest BCUT2D eigenvalue weighted by atomic mass is 10.1. The number of carbonyl (C=O) groups is 2. The molecule has 5 nitrogen and oxygen atoms in total. The molecular weight excluding hydrogens is 398 g/mol. The third kappa shape index (κ3) is 4.07. The van der Waals surface area contributed by atoms with E-state index in [0.29, 0.717) is 28.5 Å². The first-order valence-electron chi connectivity index (χ1n) is 9.50. The maximum Gasteiger partial charge on any atom is 0.259 e. The van der Waals surface area contributed by atoms with Gasteiger partial charge in [0.15, 0.2) is 0 Å². The molecule has 2 amide bonds. The Bertz CT molecular complexity index is 1090. The fourth-order valence-corrected chi connectivity index (χ4v) is 3.62. The van der Waals surface area contributed by atoms with Crippen LogP contribution in [-0.2, 0) is 11.3 Å². The molecule has 0 bridgehead atoms. The largest absolute Gasteiger partial charge is 0.380 e. The number of nitrogens with one attached hydrogen (secondary N) is 2. The summed E-state index contributed by atoms with van der Waals surface area (Å²) in [6.07, 6.45) is 0. The molecule has 4 rings (SSSR count). The number of amides is 2. The van der Waals surface area contributed by atoms with E-state index in [2.05, 4.69) is 17.2 Å². The van der Waals surface area contributed by atoms with E-state index in [1.807, 2.05) is 48.5 Å². The number of nitrogens with zero attached hydrogens (tertiary/aromatic N) is 1. The fraction of sp³-hybridized carbons (Fsp3) is 0.0833. The molecule has 0 saturated carbocycles. The van der Waals surface area contributed by atoms with Gasteiger partial charge in [0, 0.05) is 29.1 Å². The molecule has 0 atom stereocenters. The number of fused-ring (bicyclic) bond motifs is 1. The Morgan fingerprint density at radius 2 is 1.67 bits per heavy atom. The second kappa shape index (κ2) is 8.43. The van der Waals surface area contributed by atoms with Gasteiger partial charge in [-0.15, -0.1) is 0 Å². The van der Waals surface area contributed by atoms with E-state index in [9.17, 15) is 9.59 Å². The molecule has 0 spiro atoms. The van der Waals surface area contributed by atoms with Crippen molar-refractivity contribution >= 4 is 40.5 Å². The van der Waals surface area contributed by atoms with Crippen LogP contribution in [0.2, 0.25) is 5.02 Å². The van der Waals surface area contributed by atoms with Crippen molar-refractivity contribution in [2.24, 2.45) is 0 Å². The van der Waals surface area contributed by atoms with Crippen LogP contribution in [0, 0.1) is 0 Å². The van der Waals surface area contributed by atoms with Crippen molar-refractivity contribution in [1.29, 1.82) is 0 Å². The highest BCUT2D eigenvalue weighted by atomic mass is 35.5. The number of hydrogen-bond acceptors (Lipinski definition) is 3. The molecule has 1 aliphatic rings. The Morgan fingerprint density at radius 1 is 0.967 bits per heavy atom. The number of halogens is 1. The summed E-state index contributed by atoms with van der Waals surface area (Å²) in [6.45, 7) is 4.49. The lowest BCUT2D eigenvalue weighted by Crippen LogP contribution is -2.32. The van der Waals surface area contributed by atoms with Crippen LogP contribution in [0.3, 0.4) is 0 Å². The lowest BCUT2D eigenvalue weighted by Gasteiger charge is -2.17. The standard InChI is InChI=1S/C24H20ClN3O2/c1-16-19-9-5-6-10-20(19)24(30)28(16)15-23(29)27-18-11-12-22(21(25)13-18)26-14-17-7-3-2-4-8-17/h2-13,26H,1,14-15H2,(H,27,29). The molecule has 2 N–H and O–H groups in total. The van der Waals surface area contributed by atoms with Crippen LogP contribution in [0.25, 0.3) is 5.70 Å². The predicted molar refractivity (Wildman–Crippen MR) is 120 cm³/mol. The molecule has 1 heterocycles. The van der Waals surface area contributed by atoms with Crippen molar-refractivity contribution in [3.8, 4) is 0 Å². The van der Waals surface area contributed by atoms with E-state index >= 15 is 0 Å². The predicted octanol–water partition coefficient (Wildman–Crippen LogP) is 5.02. The number of anilines is 2. The summed E-state index contributed by atoms with van der Waals surface area (Å²) >= 11 is 6.36. The molecule has 0 aliphatic carbocycles. The van der Waals surface area contributed by atoms with Gasteiger partial charge in [0.2, 0.25) is 5.91 Å². The number of rotatable bonds is 6. The van der Waals surface area contributed by atoms with Gasteiger partial charge in [0.1, 0.15) is 6.54 Å². The summed E-state index contributed by atoms with van der Waals surface area (Å²) in [6, 6.07) is 22.5. The summed E-state index contributed by atoms with van der Waals surface area (Å²) in [5.74, 6) is -0.539. The van der Waals surface area contributed by atoms with Crippen molar-refractivity contribution in [2.45, 2.75) is 6.54 Å². The Morgan fingerprint density at radius 3 is 2.37 bits per heavy atom. The molecule has 0 radical (unpaired) electrons. The van der Waals surface area contributed by atoms with Crippen molar-refractivity contribution in [3.63, 3.8) is 0 Å². The normalized spacial score (nSPS) is 12.6. The summed E-state index contributed by atoms with van der Waals surface area (Å²) < 4.78 is 0. The summed E-state index contributed by atoms with van der Waals surface area (Å²) in [5, 5.41) is 6.57. The highest BCUT2D eigenvalue weighted by Gasteiger charge is 2.31. The van der Waals surface area contributed by atoms with Crippen LogP contribution in [0.1, 0.15) is 21.5 Å². The molecular formula is C24H20ClN3O2. The van der Waals surface area contributed by atoms with Gasteiger partial charge in [-0.25, -0.2) is 0 Å². The SMILES string of the molecule is C=C1c2ccccc2C(=O)N1CC(=O)Nc1ccc(NCc2ccccc2)c(Cl)c1. The molecule has 0 aromatic heterocycles. The van der Waals surface area contributed by atoms with Crippen LogP contribution in [0.5, 0.6) is 0 Å². The lowest BCUT2D eigenvalue weighted by molar-refractivity contribution is -0.116. The summed E-state index contributed by atoms with van der Waals surface area (Å²) in [5.41, 5.74) is 4.33. The van der Waals surface area contributed by atoms with Crippen LogP contribution in [0.15, 0.2) is 79.4 Å². The van der Waals surface area contributed by atoms with E-state index in [4.69, 9.17) is 11.6 Å². The number of hydrogen-bond donors (Lipinski definition) is 2. The Hall–Kier alpha value is -3.57. The molecule has 30 heavy (non-hydrogen) atoms. The summed E-state index contributed by atoms with van der Waals surface area (Å²) in [4.78, 5) is 26.4. The highest BCUT2D eigenvalue weighted by molar-refractivity contribution is 6.33. The average Bonchev–Trinajstić information content (AvgIpc) is 2.99. The van der Waals surface area contributed by atoms with Crippen LogP contribution < -0.4 is 10.6 Å². The van der Waals surface area contributed by atoms with Gasteiger partial charge in [-0.2, -0.15) is 0 Å². The first kappa shape index (κ1) is 19.7. The smallest absolute Gasteiger partial charge is 0.259 e. The zero-order valence-corrected chi connectivity index (χ0v) is 16.9. The first-order chi connectivity index (χ1) is 14.5. The molecule has 1 aliphatic heterocycles. The number of benzene rings is 3. The Balaban J connectivity index is 1.37. The van der Waals surface area contributed by atoms with Crippen LogP contribution in [-0.4, -0.2) is 23.3 Å². The van der Waals surface area contributed by atoms with Crippen molar-refractivity contribution in [2.75, 3.05) is 17.2 Å². The second-order valence-electron chi connectivity index (χ2n) is 6.97. The zero-order valence-electron chi connectivity index (χ0n) is 16.2. The van der Waals surface area contributed by atoms with Gasteiger partial charge in [-0.05, 0) is 29.8 Å². The van der Waals surface area contributed by atoms with Crippen molar-refractivity contribution < 1.29 is 9.59 Å². The Kier molecular flexibility index (Phi) is 5.55. The molecule has 0 unspecified atom stereocenters. The van der Waals surface area contributed by atoms with Gasteiger partial charge < -0.3 is 10.6 Å². The monoisotopic (exact) mass is 417 g/mol. The molecule has 3 aromatic rings. The van der Waals surface area contributed by atoms with Gasteiger partial charge in [0.25, 0.3) is 5.91 Å². The zero-order chi connectivity index (χ0) is 21.1. The third-order valence-corrected chi connectivity index (χ3v) is 5.23. The maximum atomic E-state index is 12.5. The first-order valence-corrected chi connectivity index (χ1v) is 9.88. The van der Waals surface area contributed by atoms with Gasteiger partial charge in [-0.1, -0.05) is 66.7 Å². The van der Waals surface area contributed by atoms with E-state index in [0.717, 1.165) is 16.8 Å². The molecule has 0 fully saturated rings. The third-order valence-electron chi connectivity index (χ3n) is 4.92. The van der Waals surface area contributed by atoms with Crippen molar-refractivity contribution in [1.82, 2.24) is 4.90 Å². The van der Waals surface area contributed by atoms with E-state index in [-0.39, 0.29) is 18.4 Å². The molecule has 6 heteroatoms. The second-order valence-corrected chi connectivity index (χ2v) is 7.37. The topological polar surface area (TPSA) is 61.4 Å². The quantitative estimate of drug-likeness (QED) is 0.592. The minimum Gasteiger partial charge on any atom is -0.380 e. The van der Waals surface area contributed by atoms with E-state index in [1.165, 1.54) is 4.90 Å². The van der Waals surface area contributed by atoms with Gasteiger partial charge >= 0.3 is 0 Å². The minimum atomic E-state index is -0.321. The minimum absolute atomic E-state index is 0.113. The molecule has 150 valence electrons. The Labute approximate surface area is 180 Å². The molecule has 0 saturated heterocycles.